The van der Waals surface area contributed by atoms with Crippen LogP contribution in [0.5, 0.6) is 0 Å². The first kappa shape index (κ1) is 23.0. The summed E-state index contributed by atoms with van der Waals surface area (Å²) in [7, 11) is 0. The van der Waals surface area contributed by atoms with Crippen LogP contribution in [0.15, 0.2) is 10.9 Å². The lowest BCUT2D eigenvalue weighted by molar-refractivity contribution is -0.139. The summed E-state index contributed by atoms with van der Waals surface area (Å²) in [6.07, 6.45) is 5.08. The van der Waals surface area contributed by atoms with Crippen molar-refractivity contribution in [3.05, 3.63) is 27.9 Å². The third kappa shape index (κ3) is 5.22. The summed E-state index contributed by atoms with van der Waals surface area (Å²) in [5.41, 5.74) is 0.674. The molecule has 2 amide bonds. The molecule has 32 heavy (non-hydrogen) atoms. The van der Waals surface area contributed by atoms with Gasteiger partial charge in [-0.3, -0.25) is 14.4 Å². The van der Waals surface area contributed by atoms with E-state index in [1.807, 2.05) is 23.6 Å². The topological polar surface area (TPSA) is 95.6 Å². The van der Waals surface area contributed by atoms with Crippen LogP contribution in [0.4, 0.5) is 0 Å². The maximum atomic E-state index is 13.0. The highest BCUT2D eigenvalue weighted by Gasteiger charge is 2.32. The van der Waals surface area contributed by atoms with Gasteiger partial charge < -0.3 is 19.5 Å². The second-order valence-electron chi connectivity index (χ2n) is 9.82. The third-order valence-corrected chi connectivity index (χ3v) is 7.19. The van der Waals surface area contributed by atoms with Gasteiger partial charge in [-0.25, -0.2) is 4.98 Å². The fourth-order valence-electron chi connectivity index (χ4n) is 5.26. The molecule has 3 aliphatic rings. The molecule has 1 atom stereocenters. The molecule has 3 aliphatic heterocycles. The van der Waals surface area contributed by atoms with E-state index in [1.165, 1.54) is 0 Å². The normalized spacial score (nSPS) is 23.5. The van der Waals surface area contributed by atoms with E-state index >= 15 is 0 Å². The number of aromatic nitrogens is 2. The standard InChI is InChI=1S/C24H36N4O4/c1-16(2)23(30)27-10-5-17(6-11-27)22-25-20(14-21(29)26-22)19-4-3-9-28(15-19)24(31)18-7-12-32-13-8-18/h14,16-19H,3-13,15H2,1-2H3,(H,25,26,29)/t19-/m0/s1. The van der Waals surface area contributed by atoms with Crippen LogP contribution >= 0.6 is 0 Å². The van der Waals surface area contributed by atoms with E-state index in [9.17, 15) is 14.4 Å². The maximum absolute atomic E-state index is 13.0. The summed E-state index contributed by atoms with van der Waals surface area (Å²) in [6, 6.07) is 1.61. The first-order valence-electron chi connectivity index (χ1n) is 12.2. The summed E-state index contributed by atoms with van der Waals surface area (Å²) in [6.45, 7) is 7.99. The average Bonchev–Trinajstić information content (AvgIpc) is 2.83. The first-order chi connectivity index (χ1) is 15.4. The van der Waals surface area contributed by atoms with Crippen molar-refractivity contribution in [2.75, 3.05) is 39.4 Å². The van der Waals surface area contributed by atoms with Gasteiger partial charge in [-0.1, -0.05) is 13.8 Å². The predicted octanol–water partition coefficient (Wildman–Crippen LogP) is 2.26. The van der Waals surface area contributed by atoms with Crippen molar-refractivity contribution in [1.29, 1.82) is 0 Å². The Morgan fingerprint density at radius 3 is 2.44 bits per heavy atom. The fraction of sp³-hybridized carbons (Fsp3) is 0.750. The molecular formula is C24H36N4O4. The number of carbonyl (C=O) groups is 2. The lowest BCUT2D eigenvalue weighted by atomic mass is 9.91. The molecule has 1 aromatic heterocycles. The molecule has 8 heteroatoms. The van der Waals surface area contributed by atoms with Crippen LogP contribution in [-0.2, 0) is 14.3 Å². The van der Waals surface area contributed by atoms with Crippen molar-refractivity contribution in [2.45, 2.75) is 64.2 Å². The van der Waals surface area contributed by atoms with Gasteiger partial charge in [0.2, 0.25) is 11.8 Å². The maximum Gasteiger partial charge on any atom is 0.251 e. The summed E-state index contributed by atoms with van der Waals surface area (Å²) in [5.74, 6) is 1.46. The lowest BCUT2D eigenvalue weighted by Gasteiger charge is -2.36. The molecule has 4 heterocycles. The van der Waals surface area contributed by atoms with Gasteiger partial charge in [-0.2, -0.15) is 0 Å². The quantitative estimate of drug-likeness (QED) is 0.769. The molecule has 0 bridgehead atoms. The van der Waals surface area contributed by atoms with Crippen LogP contribution in [0, 0.1) is 11.8 Å². The zero-order valence-corrected chi connectivity index (χ0v) is 19.3. The molecule has 3 fully saturated rings. The Morgan fingerprint density at radius 1 is 1.03 bits per heavy atom. The van der Waals surface area contributed by atoms with E-state index in [4.69, 9.17) is 9.72 Å². The van der Waals surface area contributed by atoms with Gasteiger partial charge >= 0.3 is 0 Å². The highest BCUT2D eigenvalue weighted by Crippen LogP contribution is 2.30. The number of nitrogens with zero attached hydrogens (tertiary/aromatic N) is 3. The number of likely N-dealkylation sites (tertiary alicyclic amines) is 2. The van der Waals surface area contributed by atoms with Gasteiger partial charge in [0.25, 0.3) is 5.56 Å². The Labute approximate surface area is 189 Å². The van der Waals surface area contributed by atoms with Gasteiger partial charge in [0, 0.05) is 69.1 Å². The summed E-state index contributed by atoms with van der Waals surface area (Å²) in [5, 5.41) is 0. The number of aromatic amines is 1. The van der Waals surface area contributed by atoms with Crippen LogP contribution < -0.4 is 5.56 Å². The van der Waals surface area contributed by atoms with Crippen LogP contribution in [0.1, 0.15) is 75.7 Å². The third-order valence-electron chi connectivity index (χ3n) is 7.19. The van der Waals surface area contributed by atoms with Crippen LogP contribution in [0.3, 0.4) is 0 Å². The number of hydrogen-bond donors (Lipinski definition) is 1. The number of hydrogen-bond acceptors (Lipinski definition) is 5. The number of rotatable bonds is 4. The smallest absolute Gasteiger partial charge is 0.251 e. The number of piperidine rings is 2. The fourth-order valence-corrected chi connectivity index (χ4v) is 5.26. The van der Waals surface area contributed by atoms with Crippen LogP contribution in [0.25, 0.3) is 0 Å². The average molecular weight is 445 g/mol. The zero-order chi connectivity index (χ0) is 22.7. The number of nitrogens with one attached hydrogen (secondary N) is 1. The lowest BCUT2D eigenvalue weighted by Crippen LogP contribution is -2.44. The Balaban J connectivity index is 1.43. The van der Waals surface area contributed by atoms with Gasteiger partial charge in [0.15, 0.2) is 0 Å². The Bertz CT molecular complexity index is 869. The Morgan fingerprint density at radius 2 is 1.75 bits per heavy atom. The molecule has 0 spiro atoms. The Hall–Kier alpha value is -2.22. The van der Waals surface area contributed by atoms with Gasteiger partial charge in [0.05, 0.1) is 5.69 Å². The van der Waals surface area contributed by atoms with Crippen molar-refractivity contribution >= 4 is 11.8 Å². The molecule has 3 saturated heterocycles. The van der Waals surface area contributed by atoms with Gasteiger partial charge in [-0.15, -0.1) is 0 Å². The molecule has 0 saturated carbocycles. The second-order valence-corrected chi connectivity index (χ2v) is 9.82. The van der Waals surface area contributed by atoms with E-state index in [-0.39, 0.29) is 41.0 Å². The molecule has 8 nitrogen and oxygen atoms in total. The number of ether oxygens (including phenoxy) is 1. The van der Waals surface area contributed by atoms with Crippen molar-refractivity contribution in [3.8, 4) is 0 Å². The van der Waals surface area contributed by atoms with Crippen molar-refractivity contribution in [3.63, 3.8) is 0 Å². The second kappa shape index (κ2) is 10.1. The van der Waals surface area contributed by atoms with Gasteiger partial charge in [-0.05, 0) is 38.5 Å². The van der Waals surface area contributed by atoms with E-state index < -0.39 is 0 Å². The molecule has 0 unspecified atom stereocenters. The van der Waals surface area contributed by atoms with Gasteiger partial charge in [0.1, 0.15) is 5.82 Å². The number of carbonyl (C=O) groups excluding carboxylic acids is 2. The predicted molar refractivity (Wildman–Crippen MR) is 120 cm³/mol. The van der Waals surface area contributed by atoms with E-state index in [0.717, 1.165) is 56.6 Å². The minimum atomic E-state index is -0.126. The minimum absolute atomic E-state index is 0.00547. The molecule has 4 rings (SSSR count). The van der Waals surface area contributed by atoms with Crippen molar-refractivity contribution in [1.82, 2.24) is 19.8 Å². The van der Waals surface area contributed by atoms with Crippen molar-refractivity contribution < 1.29 is 14.3 Å². The summed E-state index contributed by atoms with van der Waals surface area (Å²) in [4.78, 5) is 49.4. The molecule has 0 aromatic carbocycles. The highest BCUT2D eigenvalue weighted by molar-refractivity contribution is 5.79. The summed E-state index contributed by atoms with van der Waals surface area (Å²) < 4.78 is 5.40. The highest BCUT2D eigenvalue weighted by atomic mass is 16.5. The summed E-state index contributed by atoms with van der Waals surface area (Å²) >= 11 is 0. The molecule has 0 radical (unpaired) electrons. The SMILES string of the molecule is CC(C)C(=O)N1CCC(c2nc([C@H]3CCCN(C(=O)C4CCOCC4)C3)cc(=O)[nH]2)CC1. The Kier molecular flexibility index (Phi) is 7.28. The molecule has 0 aliphatic carbocycles. The van der Waals surface area contributed by atoms with E-state index in [0.29, 0.717) is 32.8 Å². The zero-order valence-electron chi connectivity index (χ0n) is 19.3. The first-order valence-corrected chi connectivity index (χ1v) is 12.2. The minimum Gasteiger partial charge on any atom is -0.381 e. The van der Waals surface area contributed by atoms with E-state index in [1.54, 1.807) is 6.07 Å². The molecule has 176 valence electrons. The van der Waals surface area contributed by atoms with Crippen LogP contribution in [0.2, 0.25) is 0 Å². The molecular weight excluding hydrogens is 408 g/mol. The number of amides is 2. The van der Waals surface area contributed by atoms with Crippen molar-refractivity contribution in [2.24, 2.45) is 11.8 Å². The molecule has 1 aromatic rings. The van der Waals surface area contributed by atoms with E-state index in [2.05, 4.69) is 4.98 Å². The largest absolute Gasteiger partial charge is 0.381 e. The monoisotopic (exact) mass is 444 g/mol. The number of H-pyrrole nitrogens is 1. The molecule has 1 N–H and O–H groups in total. The van der Waals surface area contributed by atoms with Crippen LogP contribution in [-0.4, -0.2) is 71.0 Å².